The van der Waals surface area contributed by atoms with Crippen molar-refractivity contribution >= 4 is 16.7 Å². The third kappa shape index (κ3) is 2.63. The van der Waals surface area contributed by atoms with Crippen LogP contribution in [0.15, 0.2) is 29.1 Å². The number of benzene rings is 1. The molecule has 3 rings (SSSR count). The molecule has 1 aromatic carbocycles. The highest BCUT2D eigenvalue weighted by atomic mass is 16.6. The molecule has 8 nitrogen and oxygen atoms in total. The largest absolute Gasteiger partial charge is 0.326 e. The van der Waals surface area contributed by atoms with Gasteiger partial charge in [0.2, 0.25) is 0 Å². The molecule has 0 aliphatic rings. The quantitative estimate of drug-likeness (QED) is 0.576. The third-order valence-electron chi connectivity index (χ3n) is 3.96. The third-order valence-corrected chi connectivity index (χ3v) is 3.96. The molecular weight excluding hydrogens is 298 g/mol. The van der Waals surface area contributed by atoms with Crippen LogP contribution in [0.1, 0.15) is 17.8 Å². The average molecular weight is 315 g/mol. The highest BCUT2D eigenvalue weighted by molar-refractivity contribution is 5.74. The minimum atomic E-state index is -0.404. The van der Waals surface area contributed by atoms with Gasteiger partial charge < -0.3 is 4.98 Å². The van der Waals surface area contributed by atoms with E-state index in [1.165, 1.54) is 0 Å². The summed E-state index contributed by atoms with van der Waals surface area (Å²) in [6.07, 6.45) is 0.654. The van der Waals surface area contributed by atoms with Gasteiger partial charge in [-0.05, 0) is 32.4 Å². The molecule has 0 bridgehead atoms. The molecule has 0 saturated carbocycles. The lowest BCUT2D eigenvalue weighted by atomic mass is 10.3. The number of aryl methyl sites for hydroxylation is 3. The van der Waals surface area contributed by atoms with Crippen LogP contribution in [0.4, 0.5) is 5.69 Å². The number of fused-ring (bicyclic) bond motifs is 1. The lowest BCUT2D eigenvalue weighted by molar-refractivity contribution is -0.386. The number of hydrogen-bond acceptors (Lipinski definition) is 4. The van der Waals surface area contributed by atoms with Crippen molar-refractivity contribution in [1.82, 2.24) is 19.3 Å². The van der Waals surface area contributed by atoms with Gasteiger partial charge in [0.1, 0.15) is 11.4 Å². The second-order valence-electron chi connectivity index (χ2n) is 5.45. The first-order valence-electron chi connectivity index (χ1n) is 7.35. The van der Waals surface area contributed by atoms with E-state index in [1.54, 1.807) is 23.1 Å². The summed E-state index contributed by atoms with van der Waals surface area (Å²) >= 11 is 0. The molecule has 3 aromatic rings. The van der Waals surface area contributed by atoms with Crippen LogP contribution in [0, 0.1) is 24.0 Å². The number of hydrogen-bond donors (Lipinski definition) is 1. The highest BCUT2D eigenvalue weighted by Crippen LogP contribution is 2.22. The Morgan fingerprint density at radius 3 is 2.70 bits per heavy atom. The first-order valence-corrected chi connectivity index (χ1v) is 7.35. The molecule has 0 amide bonds. The summed E-state index contributed by atoms with van der Waals surface area (Å²) < 4.78 is 3.31. The zero-order chi connectivity index (χ0) is 16.6. The maximum absolute atomic E-state index is 12.0. The Morgan fingerprint density at radius 1 is 1.26 bits per heavy atom. The summed E-state index contributed by atoms with van der Waals surface area (Å²) in [7, 11) is 0. The van der Waals surface area contributed by atoms with E-state index in [0.29, 0.717) is 30.9 Å². The number of nitro groups is 1. The number of nitrogens with one attached hydrogen (secondary N) is 1. The van der Waals surface area contributed by atoms with E-state index in [9.17, 15) is 14.9 Å². The van der Waals surface area contributed by atoms with Crippen LogP contribution >= 0.6 is 0 Å². The Morgan fingerprint density at radius 2 is 2.00 bits per heavy atom. The fourth-order valence-corrected chi connectivity index (χ4v) is 2.88. The minimum Gasteiger partial charge on any atom is -0.306 e. The predicted molar refractivity (Wildman–Crippen MR) is 85.5 cm³/mol. The molecule has 0 saturated heterocycles. The first-order chi connectivity index (χ1) is 11.0. The topological polar surface area (TPSA) is 98.8 Å². The van der Waals surface area contributed by atoms with Gasteiger partial charge in [0.25, 0.3) is 0 Å². The lowest BCUT2D eigenvalue weighted by Gasteiger charge is -2.05. The maximum atomic E-state index is 12.0. The van der Waals surface area contributed by atoms with Crippen LogP contribution in [0.5, 0.6) is 0 Å². The minimum absolute atomic E-state index is 0.0641. The zero-order valence-electron chi connectivity index (χ0n) is 12.9. The van der Waals surface area contributed by atoms with Gasteiger partial charge in [0.05, 0.1) is 16.0 Å². The Kier molecular flexibility index (Phi) is 3.73. The van der Waals surface area contributed by atoms with Crippen LogP contribution in [-0.4, -0.2) is 24.3 Å². The van der Waals surface area contributed by atoms with Crippen LogP contribution in [0.2, 0.25) is 0 Å². The summed E-state index contributed by atoms with van der Waals surface area (Å²) in [6, 6.07) is 7.51. The standard InChI is InChI=1S/C15H17N5O3/c1-10-14(20(22)23)11(2)19(17-10)9-5-8-18-13-7-4-3-6-12(13)16-15(18)21/h3-4,6-7H,5,8-9H2,1-2H3,(H,16,21). The van der Waals surface area contributed by atoms with Gasteiger partial charge >= 0.3 is 11.4 Å². The van der Waals surface area contributed by atoms with Crippen molar-refractivity contribution in [2.24, 2.45) is 0 Å². The van der Waals surface area contributed by atoms with Crippen LogP contribution in [0.25, 0.3) is 11.0 Å². The number of aromatic amines is 1. The molecule has 0 radical (unpaired) electrons. The van der Waals surface area contributed by atoms with Crippen LogP contribution < -0.4 is 5.69 Å². The Balaban J connectivity index is 1.77. The number of nitrogens with zero attached hydrogens (tertiary/aromatic N) is 4. The molecular formula is C15H17N5O3. The number of aromatic nitrogens is 4. The van der Waals surface area contributed by atoms with E-state index in [0.717, 1.165) is 11.0 Å². The van der Waals surface area contributed by atoms with Gasteiger partial charge in [0.15, 0.2) is 0 Å². The number of H-pyrrole nitrogens is 1. The summed E-state index contributed by atoms with van der Waals surface area (Å²) in [6.45, 7) is 4.36. The Hall–Kier alpha value is -2.90. The van der Waals surface area contributed by atoms with Crippen molar-refractivity contribution in [3.8, 4) is 0 Å². The summed E-state index contributed by atoms with van der Waals surface area (Å²) in [4.78, 5) is 25.4. The molecule has 2 aromatic heterocycles. The van der Waals surface area contributed by atoms with Crippen molar-refractivity contribution in [2.75, 3.05) is 0 Å². The van der Waals surface area contributed by atoms with Crippen molar-refractivity contribution < 1.29 is 4.92 Å². The maximum Gasteiger partial charge on any atom is 0.326 e. The van der Waals surface area contributed by atoms with Gasteiger partial charge in [-0.1, -0.05) is 12.1 Å². The molecule has 0 spiro atoms. The Bertz CT molecular complexity index is 934. The van der Waals surface area contributed by atoms with Crippen molar-refractivity contribution in [1.29, 1.82) is 0 Å². The normalized spacial score (nSPS) is 11.2. The molecule has 0 unspecified atom stereocenters. The van der Waals surface area contributed by atoms with Crippen molar-refractivity contribution in [3.05, 3.63) is 56.3 Å². The summed E-state index contributed by atoms with van der Waals surface area (Å²) in [5.41, 5.74) is 2.53. The van der Waals surface area contributed by atoms with Gasteiger partial charge in [-0.25, -0.2) is 4.79 Å². The second kappa shape index (κ2) is 5.71. The number of imidazole rings is 1. The number of para-hydroxylation sites is 2. The molecule has 0 aliphatic carbocycles. The van der Waals surface area contributed by atoms with E-state index in [4.69, 9.17) is 0 Å². The van der Waals surface area contributed by atoms with Gasteiger partial charge in [-0.15, -0.1) is 0 Å². The van der Waals surface area contributed by atoms with Crippen LogP contribution in [-0.2, 0) is 13.1 Å². The molecule has 120 valence electrons. The second-order valence-corrected chi connectivity index (χ2v) is 5.45. The molecule has 2 heterocycles. The van der Waals surface area contributed by atoms with E-state index >= 15 is 0 Å². The smallest absolute Gasteiger partial charge is 0.306 e. The highest BCUT2D eigenvalue weighted by Gasteiger charge is 2.21. The monoisotopic (exact) mass is 315 g/mol. The predicted octanol–water partition coefficient (Wildman–Crippen LogP) is 2.14. The fourth-order valence-electron chi connectivity index (χ4n) is 2.88. The van der Waals surface area contributed by atoms with Crippen molar-refractivity contribution in [2.45, 2.75) is 33.4 Å². The van der Waals surface area contributed by atoms with E-state index < -0.39 is 4.92 Å². The summed E-state index contributed by atoms with van der Waals surface area (Å²) in [5, 5.41) is 15.2. The van der Waals surface area contributed by atoms with Gasteiger partial charge in [-0.3, -0.25) is 19.4 Å². The first kappa shape index (κ1) is 15.0. The van der Waals surface area contributed by atoms with Crippen LogP contribution in [0.3, 0.4) is 0 Å². The molecule has 1 N–H and O–H groups in total. The number of rotatable bonds is 5. The molecule has 8 heteroatoms. The molecule has 0 fully saturated rings. The lowest BCUT2D eigenvalue weighted by Crippen LogP contribution is -2.18. The van der Waals surface area contributed by atoms with E-state index in [1.807, 2.05) is 24.3 Å². The Labute approximate surface area is 131 Å². The van der Waals surface area contributed by atoms with Gasteiger partial charge in [-0.2, -0.15) is 5.10 Å². The SMILES string of the molecule is Cc1nn(CCCn2c(=O)[nH]c3ccccc32)c(C)c1[N+](=O)[O-]. The van der Waals surface area contributed by atoms with Gasteiger partial charge in [0, 0.05) is 13.1 Å². The van der Waals surface area contributed by atoms with E-state index in [-0.39, 0.29) is 11.4 Å². The molecule has 0 atom stereocenters. The van der Waals surface area contributed by atoms with Crippen molar-refractivity contribution in [3.63, 3.8) is 0 Å². The zero-order valence-corrected chi connectivity index (χ0v) is 12.9. The molecule has 0 aliphatic heterocycles. The average Bonchev–Trinajstić information content (AvgIpc) is 2.96. The van der Waals surface area contributed by atoms with E-state index in [2.05, 4.69) is 10.1 Å². The summed E-state index contributed by atoms with van der Waals surface area (Å²) in [5.74, 6) is 0. The fraction of sp³-hybridized carbons (Fsp3) is 0.333. The molecule has 23 heavy (non-hydrogen) atoms.